The Morgan fingerprint density at radius 2 is 1.46 bits per heavy atom. The van der Waals surface area contributed by atoms with Crippen molar-refractivity contribution < 1.29 is 87.9 Å². The second kappa shape index (κ2) is 19.5. The molecule has 388 valence electrons. The van der Waals surface area contributed by atoms with Crippen molar-refractivity contribution in [2.24, 2.45) is 46.3 Å². The first-order valence-corrected chi connectivity index (χ1v) is 25.5. The van der Waals surface area contributed by atoms with Gasteiger partial charge in [-0.2, -0.15) is 0 Å². The van der Waals surface area contributed by atoms with Gasteiger partial charge in [0.25, 0.3) is 0 Å². The van der Waals surface area contributed by atoms with E-state index < -0.39 is 123 Å². The Hall–Kier alpha value is -1.79. The van der Waals surface area contributed by atoms with Gasteiger partial charge in [0.1, 0.15) is 66.9 Å². The Balaban J connectivity index is 0.829. The first-order valence-electron chi connectivity index (χ1n) is 25.5. The van der Waals surface area contributed by atoms with E-state index in [0.717, 1.165) is 63.7 Å². The number of ether oxygens (including phenoxy) is 9. The summed E-state index contributed by atoms with van der Waals surface area (Å²) < 4.78 is 69.5. The van der Waals surface area contributed by atoms with Gasteiger partial charge in [-0.25, -0.2) is 4.39 Å². The predicted octanol–water partition coefficient (Wildman–Crippen LogP) is 2.71. The molecule has 5 aliphatic heterocycles. The van der Waals surface area contributed by atoms with E-state index in [4.69, 9.17) is 42.6 Å². The largest absolute Gasteiger partial charge is 0.394 e. The van der Waals surface area contributed by atoms with Crippen molar-refractivity contribution in [3.8, 4) is 0 Å². The zero-order valence-electron chi connectivity index (χ0n) is 40.3. The summed E-state index contributed by atoms with van der Waals surface area (Å²) in [6, 6.07) is 4.97. The minimum atomic E-state index is -1.74. The zero-order chi connectivity index (χ0) is 48.9. The van der Waals surface area contributed by atoms with Crippen LogP contribution in [0.5, 0.6) is 0 Å². The summed E-state index contributed by atoms with van der Waals surface area (Å²) in [6.45, 7) is 10.7. The van der Waals surface area contributed by atoms with Gasteiger partial charge in [-0.15, -0.1) is 0 Å². The van der Waals surface area contributed by atoms with Crippen molar-refractivity contribution in [3.63, 3.8) is 0 Å². The van der Waals surface area contributed by atoms with E-state index in [1.54, 1.807) is 0 Å². The van der Waals surface area contributed by atoms with E-state index in [-0.39, 0.29) is 22.5 Å². The fraction of sp³-hybridized carbons (Fsp3) is 0.843. The van der Waals surface area contributed by atoms with Gasteiger partial charge in [-0.05, 0) is 111 Å². The molecule has 8 N–H and O–H groups in total. The molecule has 0 radical (unpaired) electrons. The van der Waals surface area contributed by atoms with Gasteiger partial charge in [-0.1, -0.05) is 51.5 Å². The lowest BCUT2D eigenvalue weighted by molar-refractivity contribution is -0.380. The Bertz CT molecular complexity index is 1970. The van der Waals surface area contributed by atoms with Crippen molar-refractivity contribution in [3.05, 3.63) is 47.3 Å². The van der Waals surface area contributed by atoms with Crippen LogP contribution in [-0.4, -0.2) is 165 Å². The average molecular weight is 979 g/mol. The minimum absolute atomic E-state index is 0.0463. The summed E-state index contributed by atoms with van der Waals surface area (Å²) >= 11 is 0. The Morgan fingerprint density at radius 1 is 0.754 bits per heavy atom. The van der Waals surface area contributed by atoms with Crippen LogP contribution in [0.15, 0.2) is 35.9 Å². The smallest absolute Gasteiger partial charge is 0.187 e. The molecule has 69 heavy (non-hydrogen) atoms. The Labute approximate surface area is 403 Å². The van der Waals surface area contributed by atoms with E-state index in [1.165, 1.54) is 24.6 Å². The van der Waals surface area contributed by atoms with Gasteiger partial charge in [0.2, 0.25) is 0 Å². The number of allylic oxidation sites excluding steroid dienone is 1. The average Bonchev–Trinajstić information content (AvgIpc) is 3.89. The van der Waals surface area contributed by atoms with Crippen molar-refractivity contribution in [1.29, 1.82) is 0 Å². The second-order valence-electron chi connectivity index (χ2n) is 22.6. The quantitative estimate of drug-likeness (QED) is 0.117. The molecule has 0 aromatic heterocycles. The number of fused-ring (bicyclic) bond motifs is 7. The third kappa shape index (κ3) is 8.89. The van der Waals surface area contributed by atoms with E-state index in [1.807, 2.05) is 0 Å². The lowest BCUT2D eigenvalue weighted by Gasteiger charge is -2.58. The second-order valence-corrected chi connectivity index (χ2v) is 22.6. The van der Waals surface area contributed by atoms with Crippen LogP contribution in [0.4, 0.5) is 4.39 Å². The summed E-state index contributed by atoms with van der Waals surface area (Å²) in [5.41, 5.74) is 1.71. The molecule has 4 aliphatic carbocycles. The lowest BCUT2D eigenvalue weighted by Crippen LogP contribution is -2.65. The third-order valence-electron chi connectivity index (χ3n) is 18.7. The maximum absolute atomic E-state index is 13.4. The van der Waals surface area contributed by atoms with Crippen LogP contribution in [0.2, 0.25) is 0 Å². The van der Waals surface area contributed by atoms with E-state index in [2.05, 4.69) is 33.8 Å². The third-order valence-corrected chi connectivity index (χ3v) is 18.7. The topological polar surface area (TPSA) is 245 Å². The standard InChI is InChI=1S/C51H75FO17/c1-23-12-17-51(62-21-23)24(2)36-33(69-51)19-32-30-11-8-27-18-29(13-15-49(27,4)31(30)14-16-50(32,36)5)64-48-44(68-46-41(58)39(56)37(54)25(3)63-46)42(59)43(34(20-53)65-48)67-47-40(57)38(55)35(66-47)22-61-45(60)26-6-9-28(52)10-7-26/h6-10,23-25,29-48,53-60H,11-22H2,1-5H3. The van der Waals surface area contributed by atoms with Crippen LogP contribution in [0.3, 0.4) is 0 Å². The number of benzene rings is 1. The van der Waals surface area contributed by atoms with Gasteiger partial charge >= 0.3 is 0 Å². The molecule has 26 atom stereocenters. The Kier molecular flexibility index (Phi) is 14.3. The molecule has 5 saturated heterocycles. The number of hydrogen-bond donors (Lipinski definition) is 8. The number of halogens is 1. The van der Waals surface area contributed by atoms with Crippen molar-refractivity contribution in [2.45, 2.75) is 203 Å². The fourth-order valence-electron chi connectivity index (χ4n) is 14.7. The summed E-state index contributed by atoms with van der Waals surface area (Å²) in [5, 5.41) is 87.5. The fourth-order valence-corrected chi connectivity index (χ4v) is 14.7. The Morgan fingerprint density at radius 3 is 2.19 bits per heavy atom. The molecule has 1 aromatic rings. The molecule has 18 heteroatoms. The van der Waals surface area contributed by atoms with Crippen LogP contribution >= 0.6 is 0 Å². The normalized spacial score (nSPS) is 52.2. The number of aliphatic hydroxyl groups is 8. The molecule has 0 amide bonds. The summed E-state index contributed by atoms with van der Waals surface area (Å²) in [5.74, 6) is 2.00. The molecule has 26 unspecified atom stereocenters. The van der Waals surface area contributed by atoms with Gasteiger partial charge in [0.05, 0.1) is 38.1 Å². The van der Waals surface area contributed by atoms with Crippen LogP contribution in [0.25, 0.3) is 0 Å². The molecule has 5 heterocycles. The lowest BCUT2D eigenvalue weighted by atomic mass is 9.47. The molecule has 9 aliphatic rings. The molecular weight excluding hydrogens is 904 g/mol. The van der Waals surface area contributed by atoms with Crippen LogP contribution in [-0.2, 0) is 42.6 Å². The maximum atomic E-state index is 13.4. The molecule has 1 spiro atoms. The van der Waals surface area contributed by atoms with Crippen LogP contribution in [0.1, 0.15) is 104 Å². The van der Waals surface area contributed by atoms with Crippen LogP contribution in [0, 0.1) is 52.2 Å². The SMILES string of the molecule is CC1CCC2(OC1)OC1CC3C4CC=C5CC(OC6OC(CO)C(OC7OC(COC(O)c8ccc(F)cc8)C(O)C7O)C(O)C6OC6OC(C)C(O)C(O)C6O)CCC5(C)C4CCC3(C)C1C2C. The van der Waals surface area contributed by atoms with E-state index in [0.29, 0.717) is 48.3 Å². The highest BCUT2D eigenvalue weighted by atomic mass is 19.1. The van der Waals surface area contributed by atoms with E-state index in [9.17, 15) is 45.2 Å². The molecule has 8 fully saturated rings. The zero-order valence-corrected chi connectivity index (χ0v) is 40.3. The first kappa shape index (κ1) is 50.7. The van der Waals surface area contributed by atoms with Crippen LogP contribution < -0.4 is 0 Å². The van der Waals surface area contributed by atoms with Crippen molar-refractivity contribution in [1.82, 2.24) is 0 Å². The monoisotopic (exact) mass is 978 g/mol. The van der Waals surface area contributed by atoms with Gasteiger partial charge in [0, 0.05) is 17.9 Å². The molecule has 0 bridgehead atoms. The molecule has 10 rings (SSSR count). The molecule has 1 aromatic carbocycles. The highest BCUT2D eigenvalue weighted by Gasteiger charge is 2.69. The highest BCUT2D eigenvalue weighted by molar-refractivity contribution is 5.27. The molecule has 3 saturated carbocycles. The predicted molar refractivity (Wildman–Crippen MR) is 238 cm³/mol. The maximum Gasteiger partial charge on any atom is 0.187 e. The van der Waals surface area contributed by atoms with E-state index >= 15 is 0 Å². The summed E-state index contributed by atoms with van der Waals surface area (Å²) in [7, 11) is 0. The summed E-state index contributed by atoms with van der Waals surface area (Å²) in [6.07, 6.45) is -11.5. The molecule has 17 nitrogen and oxygen atoms in total. The summed E-state index contributed by atoms with van der Waals surface area (Å²) in [4.78, 5) is 0. The van der Waals surface area contributed by atoms with Gasteiger partial charge in [-0.3, -0.25) is 0 Å². The minimum Gasteiger partial charge on any atom is -0.394 e. The van der Waals surface area contributed by atoms with Crippen molar-refractivity contribution >= 4 is 0 Å². The highest BCUT2D eigenvalue weighted by Crippen LogP contribution is 2.70. The van der Waals surface area contributed by atoms with Gasteiger partial charge in [0.15, 0.2) is 30.9 Å². The number of rotatable bonds is 11. The molecular formula is C51H75FO17. The first-order chi connectivity index (χ1) is 32.8. The number of hydrogen-bond acceptors (Lipinski definition) is 17. The van der Waals surface area contributed by atoms with Crippen molar-refractivity contribution in [2.75, 3.05) is 19.8 Å². The number of aliphatic hydroxyl groups excluding tert-OH is 8. The van der Waals surface area contributed by atoms with Gasteiger partial charge < -0.3 is 83.5 Å².